The zero-order valence-electron chi connectivity index (χ0n) is 14.7. The topological polar surface area (TPSA) is 97.0 Å². The van der Waals surface area contributed by atoms with Crippen LogP contribution in [-0.4, -0.2) is 43.8 Å². The minimum atomic E-state index is -1.77. The molecule has 1 amide bonds. The number of benzene rings is 1. The number of piperidine rings is 1. The van der Waals surface area contributed by atoms with Gasteiger partial charge in [-0.1, -0.05) is 41.7 Å². The Balaban J connectivity index is 1.42. The third kappa shape index (κ3) is 3.55. The molecule has 4 rings (SSSR count). The van der Waals surface area contributed by atoms with Gasteiger partial charge in [-0.3, -0.25) is 4.79 Å². The third-order valence-corrected chi connectivity index (χ3v) is 5.72. The zero-order valence-corrected chi connectivity index (χ0v) is 15.6. The fraction of sp³-hybridized carbons (Fsp3) is 0.333. The van der Waals surface area contributed by atoms with Gasteiger partial charge < -0.3 is 14.7 Å². The number of amides is 1. The van der Waals surface area contributed by atoms with E-state index in [9.17, 15) is 14.7 Å². The molecule has 0 spiro atoms. The van der Waals surface area contributed by atoms with E-state index in [0.717, 1.165) is 27.5 Å². The quantitative estimate of drug-likeness (QED) is 0.720. The molecule has 8 nitrogen and oxygen atoms in total. The fourth-order valence-electron chi connectivity index (χ4n) is 3.05. The van der Waals surface area contributed by atoms with Gasteiger partial charge in [0.05, 0.1) is 6.07 Å². The van der Waals surface area contributed by atoms with Crippen LogP contribution in [0.4, 0.5) is 9.18 Å². The summed E-state index contributed by atoms with van der Waals surface area (Å²) in [6.07, 6.45) is -0.417. The zero-order chi connectivity index (χ0) is 19.7. The molecule has 146 valence electrons. The molecule has 3 aromatic rings. The van der Waals surface area contributed by atoms with E-state index in [-0.39, 0.29) is 42.5 Å². The van der Waals surface area contributed by atoms with Crippen LogP contribution in [0, 0.1) is 0 Å². The van der Waals surface area contributed by atoms with E-state index in [0.29, 0.717) is 0 Å². The maximum atomic E-state index is 15.4. The maximum Gasteiger partial charge on any atom is 0.410 e. The molecular formula is C18H17FN4O4S. The number of hydrogen-bond acceptors (Lipinski definition) is 7. The molecule has 1 fully saturated rings. The van der Waals surface area contributed by atoms with Crippen molar-refractivity contribution in [2.75, 3.05) is 13.1 Å². The Labute approximate surface area is 162 Å². The Morgan fingerprint density at radius 2 is 2.00 bits per heavy atom. The number of fused-ring (bicyclic) bond motifs is 1. The van der Waals surface area contributed by atoms with Crippen LogP contribution in [0.25, 0.3) is 4.96 Å². The van der Waals surface area contributed by atoms with Crippen molar-refractivity contribution in [3.8, 4) is 5.88 Å². The Kier molecular flexibility index (Phi) is 4.71. The summed E-state index contributed by atoms with van der Waals surface area (Å²) in [7, 11) is 0. The van der Waals surface area contributed by atoms with Gasteiger partial charge in [0.1, 0.15) is 6.61 Å². The summed E-state index contributed by atoms with van der Waals surface area (Å²) < 4.78 is 21.7. The summed E-state index contributed by atoms with van der Waals surface area (Å²) >= 11 is 0.919. The number of aromatic hydroxyl groups is 1. The number of nitrogens with zero attached hydrogens (tertiary/aromatic N) is 4. The summed E-state index contributed by atoms with van der Waals surface area (Å²) in [6.45, 7) is 0.508. The molecule has 3 heterocycles. The Hall–Kier alpha value is -3.01. The van der Waals surface area contributed by atoms with Gasteiger partial charge in [-0.2, -0.15) is 14.6 Å². The Morgan fingerprint density at radius 3 is 2.71 bits per heavy atom. The van der Waals surface area contributed by atoms with Crippen molar-refractivity contribution < 1.29 is 19.0 Å². The predicted octanol–water partition coefficient (Wildman–Crippen LogP) is 2.45. The molecule has 0 radical (unpaired) electrons. The molecule has 0 saturated carbocycles. The molecule has 0 bridgehead atoms. The van der Waals surface area contributed by atoms with E-state index in [1.54, 1.807) is 0 Å². The first-order valence-corrected chi connectivity index (χ1v) is 9.51. The third-order valence-electron chi connectivity index (χ3n) is 4.63. The van der Waals surface area contributed by atoms with E-state index in [1.165, 1.54) is 4.90 Å². The summed E-state index contributed by atoms with van der Waals surface area (Å²) in [5, 5.41) is 13.6. The lowest BCUT2D eigenvalue weighted by molar-refractivity contribution is 0.0386. The first-order valence-electron chi connectivity index (χ1n) is 8.69. The highest BCUT2D eigenvalue weighted by molar-refractivity contribution is 7.16. The molecule has 1 N–H and O–H groups in total. The summed E-state index contributed by atoms with van der Waals surface area (Å²) in [4.78, 5) is 29.5. The van der Waals surface area contributed by atoms with Gasteiger partial charge in [0.25, 0.3) is 5.56 Å². The van der Waals surface area contributed by atoms with Gasteiger partial charge in [0.15, 0.2) is 10.7 Å². The second-order valence-corrected chi connectivity index (χ2v) is 7.50. The average molecular weight is 404 g/mol. The van der Waals surface area contributed by atoms with Crippen molar-refractivity contribution in [3.63, 3.8) is 0 Å². The lowest BCUT2D eigenvalue weighted by Gasteiger charge is -2.34. The monoisotopic (exact) mass is 404 g/mol. The standard InChI is InChI=1S/C18H17FN4O4S/c19-18(15-21-23-14(25)10-13(24)20-16(23)28-15)6-8-22(9-7-18)17(26)27-11-12-4-2-1-3-5-12/h1-5,10,24H,6-9,11H2. The summed E-state index contributed by atoms with van der Waals surface area (Å²) in [6, 6.07) is 10.2. The highest BCUT2D eigenvalue weighted by Crippen LogP contribution is 2.39. The van der Waals surface area contributed by atoms with Crippen molar-refractivity contribution in [2.24, 2.45) is 0 Å². The van der Waals surface area contributed by atoms with Crippen molar-refractivity contribution in [3.05, 3.63) is 57.3 Å². The minimum Gasteiger partial charge on any atom is -0.493 e. The SMILES string of the molecule is O=C(OCc1ccccc1)N1CCC(F)(c2nn3c(=O)cc(O)nc3s2)CC1. The predicted molar refractivity (Wildman–Crippen MR) is 99.0 cm³/mol. The molecule has 0 unspecified atom stereocenters. The molecule has 1 saturated heterocycles. The van der Waals surface area contributed by atoms with Crippen molar-refractivity contribution in [2.45, 2.75) is 25.1 Å². The van der Waals surface area contributed by atoms with Gasteiger partial charge in [0, 0.05) is 25.9 Å². The molecule has 28 heavy (non-hydrogen) atoms. The average Bonchev–Trinajstić information content (AvgIpc) is 3.13. The number of alkyl halides is 1. The van der Waals surface area contributed by atoms with Crippen LogP contribution in [0.5, 0.6) is 5.88 Å². The van der Waals surface area contributed by atoms with E-state index < -0.39 is 23.2 Å². The smallest absolute Gasteiger partial charge is 0.410 e. The van der Waals surface area contributed by atoms with Crippen LogP contribution >= 0.6 is 11.3 Å². The van der Waals surface area contributed by atoms with E-state index >= 15 is 4.39 Å². The maximum absolute atomic E-state index is 15.4. The molecule has 1 aromatic carbocycles. The van der Waals surface area contributed by atoms with Crippen molar-refractivity contribution >= 4 is 22.4 Å². The van der Waals surface area contributed by atoms with Crippen molar-refractivity contribution in [1.82, 2.24) is 19.5 Å². The van der Waals surface area contributed by atoms with Gasteiger partial charge >= 0.3 is 6.09 Å². The number of ether oxygens (including phenoxy) is 1. The number of hydrogen-bond donors (Lipinski definition) is 1. The van der Waals surface area contributed by atoms with E-state index in [1.807, 2.05) is 30.3 Å². The van der Waals surface area contributed by atoms with Gasteiger partial charge in [0.2, 0.25) is 10.8 Å². The van der Waals surface area contributed by atoms with Gasteiger partial charge in [-0.05, 0) is 5.56 Å². The first-order chi connectivity index (χ1) is 13.4. The molecule has 1 aliphatic heterocycles. The van der Waals surface area contributed by atoms with E-state index in [4.69, 9.17) is 4.74 Å². The minimum absolute atomic E-state index is 0.0357. The highest BCUT2D eigenvalue weighted by Gasteiger charge is 2.41. The van der Waals surface area contributed by atoms with Gasteiger partial charge in [-0.15, -0.1) is 0 Å². The number of rotatable bonds is 3. The van der Waals surface area contributed by atoms with Crippen LogP contribution in [0.15, 0.2) is 41.2 Å². The lowest BCUT2D eigenvalue weighted by Crippen LogP contribution is -2.43. The Morgan fingerprint density at radius 1 is 1.29 bits per heavy atom. The van der Waals surface area contributed by atoms with Crippen LogP contribution in [0.2, 0.25) is 0 Å². The fourth-order valence-corrected chi connectivity index (χ4v) is 4.09. The summed E-state index contributed by atoms with van der Waals surface area (Å²) in [5.74, 6) is -0.427. The molecular weight excluding hydrogens is 387 g/mol. The molecule has 10 heteroatoms. The number of aromatic nitrogens is 3. The summed E-state index contributed by atoms with van der Waals surface area (Å²) in [5.41, 5.74) is -1.46. The molecule has 1 aliphatic rings. The highest BCUT2D eigenvalue weighted by atomic mass is 32.1. The molecule has 0 atom stereocenters. The van der Waals surface area contributed by atoms with Crippen LogP contribution in [-0.2, 0) is 17.0 Å². The largest absolute Gasteiger partial charge is 0.493 e. The number of carbonyl (C=O) groups excluding carboxylic acids is 1. The van der Waals surface area contributed by atoms with E-state index in [2.05, 4.69) is 10.1 Å². The van der Waals surface area contributed by atoms with Gasteiger partial charge in [-0.25, -0.2) is 9.18 Å². The van der Waals surface area contributed by atoms with Crippen LogP contribution in [0.3, 0.4) is 0 Å². The molecule has 0 aliphatic carbocycles. The number of halogens is 1. The lowest BCUT2D eigenvalue weighted by atomic mass is 9.94. The second kappa shape index (κ2) is 7.19. The number of likely N-dealkylation sites (tertiary alicyclic amines) is 1. The molecule has 2 aromatic heterocycles. The second-order valence-electron chi connectivity index (χ2n) is 6.55. The normalized spacial score (nSPS) is 16.2. The van der Waals surface area contributed by atoms with Crippen molar-refractivity contribution in [1.29, 1.82) is 0 Å². The van der Waals surface area contributed by atoms with Crippen LogP contribution in [0.1, 0.15) is 23.4 Å². The Bertz CT molecular complexity index is 1060. The number of carbonyl (C=O) groups is 1. The van der Waals surface area contributed by atoms with Crippen LogP contribution < -0.4 is 5.56 Å². The first kappa shape index (κ1) is 18.4.